The molecule has 4 nitrogen and oxygen atoms in total. The maximum Gasteiger partial charge on any atom is 0.416 e. The summed E-state index contributed by atoms with van der Waals surface area (Å²) in [6.07, 6.45) is -4.38. The predicted molar refractivity (Wildman–Crippen MR) is 67.1 cm³/mol. The fourth-order valence-electron chi connectivity index (χ4n) is 2.02. The van der Waals surface area contributed by atoms with Gasteiger partial charge in [0.1, 0.15) is 0 Å². The molecule has 0 aromatic heterocycles. The zero-order valence-electron chi connectivity index (χ0n) is 11.1. The van der Waals surface area contributed by atoms with Crippen molar-refractivity contribution >= 4 is 5.91 Å². The molecule has 1 fully saturated rings. The number of carbonyl (C=O) groups is 1. The first-order valence-electron chi connectivity index (χ1n) is 6.41. The largest absolute Gasteiger partial charge is 0.416 e. The van der Waals surface area contributed by atoms with E-state index in [2.05, 4.69) is 12.5 Å². The Labute approximate surface area is 115 Å². The molecule has 1 aliphatic rings. The van der Waals surface area contributed by atoms with Crippen molar-refractivity contribution in [2.45, 2.75) is 6.18 Å². The number of piperazine rings is 1. The number of quaternary nitrogens is 1. The van der Waals surface area contributed by atoms with E-state index in [-0.39, 0.29) is 11.5 Å². The Morgan fingerprint density at radius 1 is 1.20 bits per heavy atom. The summed E-state index contributed by atoms with van der Waals surface area (Å²) in [5.74, 6) is -0.377. The third-order valence-electron chi connectivity index (χ3n) is 3.35. The van der Waals surface area contributed by atoms with Gasteiger partial charge in [0.15, 0.2) is 0 Å². The lowest BCUT2D eigenvalue weighted by atomic mass is 10.1. The van der Waals surface area contributed by atoms with Crippen molar-refractivity contribution in [3.8, 4) is 0 Å². The Morgan fingerprint density at radius 2 is 1.75 bits per heavy atom. The highest BCUT2D eigenvalue weighted by Crippen LogP contribution is 2.29. The third-order valence-corrected chi connectivity index (χ3v) is 3.35. The van der Waals surface area contributed by atoms with Crippen molar-refractivity contribution in [2.75, 3.05) is 33.2 Å². The van der Waals surface area contributed by atoms with Crippen LogP contribution in [0.4, 0.5) is 13.2 Å². The van der Waals surface area contributed by atoms with Crippen LogP contribution in [-0.4, -0.2) is 44.1 Å². The second-order valence-electron chi connectivity index (χ2n) is 4.96. The molecular weight excluding hydrogens is 271 g/mol. The lowest BCUT2D eigenvalue weighted by Gasteiger charge is -2.30. The predicted octanol–water partition coefficient (Wildman–Crippen LogP) is 0.181. The second kappa shape index (κ2) is 5.80. The van der Waals surface area contributed by atoms with E-state index >= 15 is 0 Å². The van der Waals surface area contributed by atoms with E-state index in [0.717, 1.165) is 38.3 Å². The van der Waals surface area contributed by atoms with Crippen molar-refractivity contribution in [1.29, 1.82) is 0 Å². The average molecular weight is 288 g/mol. The van der Waals surface area contributed by atoms with E-state index in [1.807, 2.05) is 0 Å². The van der Waals surface area contributed by atoms with Crippen molar-refractivity contribution in [1.82, 2.24) is 10.4 Å². The van der Waals surface area contributed by atoms with E-state index in [9.17, 15) is 18.0 Å². The minimum Gasteiger partial charge on any atom is -0.335 e. The number of likely N-dealkylation sites (N-methyl/N-ethyl adjacent to an activating group) is 1. The van der Waals surface area contributed by atoms with Crippen molar-refractivity contribution in [2.24, 2.45) is 0 Å². The van der Waals surface area contributed by atoms with Gasteiger partial charge in [-0.25, -0.2) is 5.01 Å². The van der Waals surface area contributed by atoms with Crippen LogP contribution in [0.3, 0.4) is 0 Å². The van der Waals surface area contributed by atoms with Crippen molar-refractivity contribution in [3.05, 3.63) is 35.4 Å². The topological polar surface area (TPSA) is 36.8 Å². The molecule has 1 heterocycles. The first kappa shape index (κ1) is 14.8. The smallest absolute Gasteiger partial charge is 0.335 e. The molecule has 0 bridgehead atoms. The van der Waals surface area contributed by atoms with E-state index in [1.54, 1.807) is 5.01 Å². The number of amides is 1. The lowest BCUT2D eigenvalue weighted by Crippen LogP contribution is -3.12. The van der Waals surface area contributed by atoms with Gasteiger partial charge in [-0.1, -0.05) is 0 Å². The molecule has 2 N–H and O–H groups in total. The maximum atomic E-state index is 12.4. The maximum absolute atomic E-state index is 12.4. The third kappa shape index (κ3) is 3.71. The van der Waals surface area contributed by atoms with Crippen LogP contribution in [0.25, 0.3) is 0 Å². The van der Waals surface area contributed by atoms with Gasteiger partial charge in [-0.05, 0) is 24.3 Å². The van der Waals surface area contributed by atoms with Crippen LogP contribution in [0, 0.1) is 0 Å². The molecule has 0 atom stereocenters. The number of benzene rings is 1. The summed E-state index contributed by atoms with van der Waals surface area (Å²) in [6, 6.07) is 4.23. The van der Waals surface area contributed by atoms with E-state index in [0.29, 0.717) is 0 Å². The van der Waals surface area contributed by atoms with E-state index in [1.165, 1.54) is 17.0 Å². The summed E-state index contributed by atoms with van der Waals surface area (Å²) < 4.78 is 37.3. The van der Waals surface area contributed by atoms with Crippen LogP contribution in [0.1, 0.15) is 15.9 Å². The molecule has 1 saturated heterocycles. The standard InChI is InChI=1S/C13H16F3N3O/c1-18-6-8-19(9-7-18)17-12(20)10-2-4-11(5-3-10)13(14,15)16/h2-5H,6-9H2,1H3,(H,17,20)/p+1. The highest BCUT2D eigenvalue weighted by Gasteiger charge is 2.30. The normalized spacial score (nSPS) is 18.0. The first-order valence-corrected chi connectivity index (χ1v) is 6.41. The van der Waals surface area contributed by atoms with Gasteiger partial charge in [0.2, 0.25) is 0 Å². The number of halogens is 3. The molecule has 0 aliphatic carbocycles. The molecule has 1 aromatic rings. The quantitative estimate of drug-likeness (QED) is 0.814. The minimum absolute atomic E-state index is 0.226. The number of rotatable bonds is 2. The van der Waals surface area contributed by atoms with Gasteiger partial charge in [0, 0.05) is 5.56 Å². The molecule has 0 saturated carbocycles. The summed E-state index contributed by atoms with van der Waals surface area (Å²) in [7, 11) is 2.08. The fourth-order valence-corrected chi connectivity index (χ4v) is 2.02. The van der Waals surface area contributed by atoms with Gasteiger partial charge in [-0.2, -0.15) is 13.2 Å². The molecule has 1 aliphatic heterocycles. The van der Waals surface area contributed by atoms with Crippen LogP contribution in [0.2, 0.25) is 0 Å². The average Bonchev–Trinajstić information content (AvgIpc) is 2.40. The van der Waals surface area contributed by atoms with Crippen molar-refractivity contribution < 1.29 is 22.9 Å². The molecule has 7 heteroatoms. The van der Waals surface area contributed by atoms with Crippen molar-refractivity contribution in [3.63, 3.8) is 0 Å². The number of alkyl halides is 3. The molecule has 0 unspecified atom stereocenters. The first-order chi connectivity index (χ1) is 9.36. The summed E-state index contributed by atoms with van der Waals surface area (Å²) >= 11 is 0. The Morgan fingerprint density at radius 3 is 2.25 bits per heavy atom. The molecule has 110 valence electrons. The van der Waals surface area contributed by atoms with Gasteiger partial charge >= 0.3 is 6.18 Å². The number of nitrogens with zero attached hydrogens (tertiary/aromatic N) is 1. The van der Waals surface area contributed by atoms with Gasteiger partial charge in [0.05, 0.1) is 38.8 Å². The molecule has 1 amide bonds. The van der Waals surface area contributed by atoms with Crippen LogP contribution in [0.15, 0.2) is 24.3 Å². The fraction of sp³-hybridized carbons (Fsp3) is 0.462. The van der Waals surface area contributed by atoms with E-state index < -0.39 is 11.7 Å². The highest BCUT2D eigenvalue weighted by molar-refractivity contribution is 5.93. The Bertz CT molecular complexity index is 465. The van der Waals surface area contributed by atoms with E-state index in [4.69, 9.17) is 0 Å². The Hall–Kier alpha value is -1.60. The molecular formula is C13H17F3N3O+. The van der Waals surface area contributed by atoms with Crippen LogP contribution in [-0.2, 0) is 6.18 Å². The summed E-state index contributed by atoms with van der Waals surface area (Å²) in [5.41, 5.74) is 2.19. The van der Waals surface area contributed by atoms with Crippen LogP contribution >= 0.6 is 0 Å². The number of hydrogen-bond acceptors (Lipinski definition) is 2. The van der Waals surface area contributed by atoms with Crippen LogP contribution < -0.4 is 10.3 Å². The molecule has 1 aromatic carbocycles. The lowest BCUT2D eigenvalue weighted by molar-refractivity contribution is -0.884. The number of carbonyl (C=O) groups excluding carboxylic acids is 1. The number of nitrogens with one attached hydrogen (secondary N) is 2. The van der Waals surface area contributed by atoms with Crippen LogP contribution in [0.5, 0.6) is 0 Å². The van der Waals surface area contributed by atoms with Gasteiger partial charge in [-0.15, -0.1) is 0 Å². The summed E-state index contributed by atoms with van der Waals surface area (Å²) in [5, 5.41) is 1.80. The van der Waals surface area contributed by atoms with Gasteiger partial charge in [0.25, 0.3) is 5.91 Å². The second-order valence-corrected chi connectivity index (χ2v) is 4.96. The Balaban J connectivity index is 1.96. The number of hydrogen-bond donors (Lipinski definition) is 2. The molecule has 20 heavy (non-hydrogen) atoms. The zero-order valence-corrected chi connectivity index (χ0v) is 11.1. The summed E-state index contributed by atoms with van der Waals surface area (Å²) in [6.45, 7) is 3.32. The highest BCUT2D eigenvalue weighted by atomic mass is 19.4. The SMILES string of the molecule is C[NH+]1CCN(NC(=O)c2ccc(C(F)(F)F)cc2)CC1. The zero-order chi connectivity index (χ0) is 14.8. The summed E-state index contributed by atoms with van der Waals surface area (Å²) in [4.78, 5) is 13.3. The molecule has 2 rings (SSSR count). The molecule has 0 radical (unpaired) electrons. The molecule has 0 spiro atoms. The van der Waals surface area contributed by atoms with Gasteiger partial charge < -0.3 is 4.90 Å². The Kier molecular flexibility index (Phi) is 4.29. The number of hydrazine groups is 1. The van der Waals surface area contributed by atoms with Gasteiger partial charge in [-0.3, -0.25) is 10.2 Å². The monoisotopic (exact) mass is 288 g/mol. The minimum atomic E-state index is -4.38.